The summed E-state index contributed by atoms with van der Waals surface area (Å²) >= 11 is 6.04. The van der Waals surface area contributed by atoms with Crippen molar-refractivity contribution in [1.82, 2.24) is 4.57 Å². The zero-order valence-corrected chi connectivity index (χ0v) is 18.1. The lowest BCUT2D eigenvalue weighted by atomic mass is 9.84. The molecule has 2 atom stereocenters. The SMILES string of the molecule is C/C=C(\c1c(C)c2c(n1Cc1ccc(Cl)cc1)[C@@H](CC(=O)O)CCC2)S(C)=O. The molecule has 0 saturated carbocycles. The van der Waals surface area contributed by atoms with Gasteiger partial charge in [0.25, 0.3) is 0 Å². The van der Waals surface area contributed by atoms with Crippen molar-refractivity contribution in [1.29, 1.82) is 0 Å². The molecule has 0 spiro atoms. The molecule has 0 bridgehead atoms. The number of benzene rings is 1. The van der Waals surface area contributed by atoms with E-state index >= 15 is 0 Å². The summed E-state index contributed by atoms with van der Waals surface area (Å²) < 4.78 is 14.7. The van der Waals surface area contributed by atoms with E-state index in [4.69, 9.17) is 11.6 Å². The highest BCUT2D eigenvalue weighted by Crippen LogP contribution is 2.41. The monoisotopic (exact) mass is 419 g/mol. The maximum absolute atomic E-state index is 12.5. The van der Waals surface area contributed by atoms with E-state index in [9.17, 15) is 14.1 Å². The van der Waals surface area contributed by atoms with Gasteiger partial charge in [0.15, 0.2) is 0 Å². The average molecular weight is 420 g/mol. The van der Waals surface area contributed by atoms with Gasteiger partial charge in [0.2, 0.25) is 0 Å². The van der Waals surface area contributed by atoms with E-state index in [0.717, 1.165) is 46.7 Å². The number of aliphatic carboxylic acids is 1. The highest BCUT2D eigenvalue weighted by atomic mass is 35.5. The molecular formula is C22H26ClNO3S. The Morgan fingerprint density at radius 1 is 1.36 bits per heavy atom. The van der Waals surface area contributed by atoms with E-state index in [1.54, 1.807) is 6.26 Å². The van der Waals surface area contributed by atoms with Gasteiger partial charge < -0.3 is 9.67 Å². The van der Waals surface area contributed by atoms with E-state index in [2.05, 4.69) is 11.5 Å². The molecular weight excluding hydrogens is 394 g/mol. The summed E-state index contributed by atoms with van der Waals surface area (Å²) in [5, 5.41) is 10.1. The first kappa shape index (κ1) is 20.9. The van der Waals surface area contributed by atoms with Crippen LogP contribution in [0.25, 0.3) is 4.91 Å². The molecule has 1 heterocycles. The van der Waals surface area contributed by atoms with Crippen LogP contribution in [0.4, 0.5) is 0 Å². The third-order valence-electron chi connectivity index (χ3n) is 5.52. The molecule has 4 nitrogen and oxygen atoms in total. The second-order valence-electron chi connectivity index (χ2n) is 7.34. The highest BCUT2D eigenvalue weighted by Gasteiger charge is 2.32. The Labute approximate surface area is 173 Å². The molecule has 0 saturated heterocycles. The van der Waals surface area contributed by atoms with Crippen LogP contribution in [0.3, 0.4) is 0 Å². The van der Waals surface area contributed by atoms with Gasteiger partial charge in [-0.3, -0.25) is 9.00 Å². The van der Waals surface area contributed by atoms with Crippen LogP contribution in [0.5, 0.6) is 0 Å². The van der Waals surface area contributed by atoms with E-state index in [0.29, 0.717) is 11.6 Å². The second kappa shape index (κ2) is 8.66. The summed E-state index contributed by atoms with van der Waals surface area (Å²) in [6.07, 6.45) is 6.51. The topological polar surface area (TPSA) is 59.3 Å². The summed E-state index contributed by atoms with van der Waals surface area (Å²) in [6, 6.07) is 7.70. The van der Waals surface area contributed by atoms with Crippen molar-refractivity contribution in [2.24, 2.45) is 0 Å². The van der Waals surface area contributed by atoms with E-state index < -0.39 is 16.8 Å². The first-order chi connectivity index (χ1) is 13.3. The number of hydrogen-bond donors (Lipinski definition) is 1. The molecule has 0 aliphatic heterocycles. The van der Waals surface area contributed by atoms with Gasteiger partial charge in [-0.15, -0.1) is 0 Å². The number of allylic oxidation sites excluding steroid dienone is 1. The van der Waals surface area contributed by atoms with Crippen molar-refractivity contribution in [3.05, 3.63) is 63.4 Å². The number of nitrogens with zero attached hydrogens (tertiary/aromatic N) is 1. The summed E-state index contributed by atoms with van der Waals surface area (Å²) in [5.41, 5.74) is 5.51. The largest absolute Gasteiger partial charge is 0.481 e. The van der Waals surface area contributed by atoms with Crippen LogP contribution in [0, 0.1) is 6.92 Å². The minimum atomic E-state index is -1.13. The van der Waals surface area contributed by atoms with E-state index in [1.165, 1.54) is 5.56 Å². The van der Waals surface area contributed by atoms with Crippen LogP contribution >= 0.6 is 11.6 Å². The summed E-state index contributed by atoms with van der Waals surface area (Å²) in [6.45, 7) is 4.59. The van der Waals surface area contributed by atoms with E-state index in [-0.39, 0.29) is 12.3 Å². The zero-order chi connectivity index (χ0) is 20.4. The maximum Gasteiger partial charge on any atom is 0.304 e. The van der Waals surface area contributed by atoms with Crippen LogP contribution in [0.15, 0.2) is 30.3 Å². The average Bonchev–Trinajstić information content (AvgIpc) is 2.91. The van der Waals surface area contributed by atoms with Crippen molar-refractivity contribution in [3.8, 4) is 0 Å². The Balaban J connectivity index is 2.21. The van der Waals surface area contributed by atoms with Gasteiger partial charge in [-0.1, -0.05) is 29.8 Å². The molecule has 1 unspecified atom stereocenters. The Kier molecular flexibility index (Phi) is 6.46. The van der Waals surface area contributed by atoms with Crippen LogP contribution in [-0.4, -0.2) is 26.1 Å². The standard InChI is InChI=1S/C22H26ClNO3S/c1-4-19(28(3)27)21-14(2)18-7-5-6-16(12-20(25)26)22(18)24(21)13-15-8-10-17(23)11-9-15/h4,8-11,16H,5-7,12-13H2,1-3H3,(H,25,26)/b19-4+/t16-,28?/m1/s1. The minimum Gasteiger partial charge on any atom is -0.481 e. The number of halogens is 1. The first-order valence-electron chi connectivity index (χ1n) is 9.51. The molecule has 3 rings (SSSR count). The predicted octanol–water partition coefficient (Wildman–Crippen LogP) is 5.13. The van der Waals surface area contributed by atoms with Crippen LogP contribution in [0.1, 0.15) is 60.2 Å². The zero-order valence-electron chi connectivity index (χ0n) is 16.5. The lowest BCUT2D eigenvalue weighted by Crippen LogP contribution is -2.18. The van der Waals surface area contributed by atoms with Gasteiger partial charge in [0, 0.05) is 29.4 Å². The molecule has 0 fully saturated rings. The van der Waals surface area contributed by atoms with Crippen LogP contribution in [0.2, 0.25) is 5.02 Å². The Bertz CT molecular complexity index is 944. The van der Waals surface area contributed by atoms with Gasteiger partial charge in [0.05, 0.1) is 27.8 Å². The first-order valence-corrected chi connectivity index (χ1v) is 11.4. The Morgan fingerprint density at radius 2 is 2.04 bits per heavy atom. The van der Waals surface area contributed by atoms with Gasteiger partial charge in [-0.2, -0.15) is 0 Å². The summed E-state index contributed by atoms with van der Waals surface area (Å²) in [4.78, 5) is 12.3. The van der Waals surface area contributed by atoms with Crippen molar-refractivity contribution in [3.63, 3.8) is 0 Å². The van der Waals surface area contributed by atoms with E-state index in [1.807, 2.05) is 37.3 Å². The third kappa shape index (κ3) is 4.11. The number of carboxylic acids is 1. The van der Waals surface area contributed by atoms with Gasteiger partial charge in [-0.05, 0) is 61.9 Å². The second-order valence-corrected chi connectivity index (χ2v) is 9.13. The van der Waals surface area contributed by atoms with Gasteiger partial charge >= 0.3 is 5.97 Å². The number of fused-ring (bicyclic) bond motifs is 1. The molecule has 1 aromatic carbocycles. The third-order valence-corrected chi connectivity index (χ3v) is 6.82. The van der Waals surface area contributed by atoms with Crippen molar-refractivity contribution < 1.29 is 14.1 Å². The van der Waals surface area contributed by atoms with Gasteiger partial charge in [-0.25, -0.2) is 0 Å². The van der Waals surface area contributed by atoms with Crippen LogP contribution < -0.4 is 0 Å². The maximum atomic E-state index is 12.5. The Hall–Kier alpha value is -1.85. The molecule has 6 heteroatoms. The molecule has 0 amide bonds. The molecule has 1 aliphatic carbocycles. The highest BCUT2D eigenvalue weighted by molar-refractivity contribution is 7.93. The minimum absolute atomic E-state index is 0.0237. The van der Waals surface area contributed by atoms with Crippen molar-refractivity contribution >= 4 is 33.3 Å². The number of hydrogen-bond acceptors (Lipinski definition) is 2. The number of aromatic nitrogens is 1. The molecule has 2 aromatic rings. The van der Waals surface area contributed by atoms with Crippen molar-refractivity contribution in [2.75, 3.05) is 6.26 Å². The summed E-state index contributed by atoms with van der Waals surface area (Å²) in [7, 11) is -1.13. The molecule has 1 aromatic heterocycles. The smallest absolute Gasteiger partial charge is 0.304 e. The molecule has 0 radical (unpaired) electrons. The van der Waals surface area contributed by atoms with Crippen molar-refractivity contribution in [2.45, 2.75) is 52.0 Å². The predicted molar refractivity (Wildman–Crippen MR) is 115 cm³/mol. The normalized spacial score (nSPS) is 18.0. The summed E-state index contributed by atoms with van der Waals surface area (Å²) in [5.74, 6) is -0.800. The Morgan fingerprint density at radius 3 is 2.61 bits per heavy atom. The number of carboxylic acid groups (broad SMARTS) is 1. The lowest BCUT2D eigenvalue weighted by Gasteiger charge is -2.25. The molecule has 1 N–H and O–H groups in total. The van der Waals surface area contributed by atoms with Crippen LogP contribution in [-0.2, 0) is 28.6 Å². The fourth-order valence-corrected chi connectivity index (χ4v) is 5.36. The van der Waals surface area contributed by atoms with Gasteiger partial charge in [0.1, 0.15) is 0 Å². The molecule has 28 heavy (non-hydrogen) atoms. The fourth-order valence-electron chi connectivity index (χ4n) is 4.37. The number of carbonyl (C=O) groups is 1. The quantitative estimate of drug-likeness (QED) is 0.705. The molecule has 1 aliphatic rings. The fraction of sp³-hybridized carbons (Fsp3) is 0.409. The lowest BCUT2D eigenvalue weighted by molar-refractivity contribution is -0.137. The number of rotatable bonds is 6. The molecule has 150 valence electrons.